The molecule has 6 heteroatoms. The van der Waals surface area contributed by atoms with E-state index in [0.29, 0.717) is 0 Å². The first-order chi connectivity index (χ1) is 12.2. The van der Waals surface area contributed by atoms with Crippen molar-refractivity contribution in [3.63, 3.8) is 0 Å². The van der Waals surface area contributed by atoms with Gasteiger partial charge in [-0.2, -0.15) is 0 Å². The molecule has 4 rings (SSSR count). The first-order valence-corrected chi connectivity index (χ1v) is 26.6. The van der Waals surface area contributed by atoms with Crippen molar-refractivity contribution in [2.75, 3.05) is 0 Å². The Hall–Kier alpha value is 0.560. The fourth-order valence-corrected chi connectivity index (χ4v) is 46.4. The van der Waals surface area contributed by atoms with E-state index >= 15 is 0 Å². The number of hydrogen-bond donors (Lipinski definition) is 0. The standard InChI is InChI=1S/2C9H6Br.C2H7Si.2ClH.Zr/c2*10-9-5-7-3-1-2-4-8(7)6-9;1-3-2;;;/h2*1-6H;3H,1-2H3;2*1H;/q;;;;;+2/p-2. The van der Waals surface area contributed by atoms with Crippen LogP contribution in [0.2, 0.25) is 13.1 Å². The van der Waals surface area contributed by atoms with Crippen molar-refractivity contribution in [1.82, 2.24) is 0 Å². The summed E-state index contributed by atoms with van der Waals surface area (Å²) in [5.74, 6) is -1.42. The summed E-state index contributed by atoms with van der Waals surface area (Å²) in [6.45, 7) is 4.68. The maximum atomic E-state index is 7.88. The number of halogens is 4. The van der Waals surface area contributed by atoms with Crippen LogP contribution < -0.4 is 0 Å². The van der Waals surface area contributed by atoms with Crippen LogP contribution in [-0.2, 0) is 15.6 Å². The van der Waals surface area contributed by atoms with Crippen LogP contribution >= 0.6 is 48.9 Å². The molecule has 2 unspecified atom stereocenters. The van der Waals surface area contributed by atoms with Gasteiger partial charge in [-0.25, -0.2) is 0 Å². The number of rotatable bonds is 3. The molecule has 0 heterocycles. The molecule has 2 aliphatic carbocycles. The van der Waals surface area contributed by atoms with Crippen LogP contribution in [-0.4, -0.2) is 5.92 Å². The summed E-state index contributed by atoms with van der Waals surface area (Å²) >= 11 is 3.33. The van der Waals surface area contributed by atoms with Crippen molar-refractivity contribution in [2.45, 2.75) is 20.3 Å². The van der Waals surface area contributed by atoms with Gasteiger partial charge < -0.3 is 0 Å². The van der Waals surface area contributed by atoms with Crippen molar-refractivity contribution >= 4 is 67.0 Å². The molecule has 0 fully saturated rings. The van der Waals surface area contributed by atoms with Gasteiger partial charge in [-0.1, -0.05) is 0 Å². The van der Waals surface area contributed by atoms with Gasteiger partial charge in [0.05, 0.1) is 0 Å². The zero-order valence-electron chi connectivity index (χ0n) is 14.5. The average molecular weight is 609 g/mol. The van der Waals surface area contributed by atoms with Crippen LogP contribution in [0.4, 0.5) is 0 Å². The van der Waals surface area contributed by atoms with Gasteiger partial charge >= 0.3 is 183 Å². The van der Waals surface area contributed by atoms with E-state index in [0.717, 1.165) is 8.96 Å². The molecule has 2 atom stereocenters. The van der Waals surface area contributed by atoms with E-state index in [1.165, 1.54) is 22.3 Å². The van der Waals surface area contributed by atoms with Crippen LogP contribution in [0.15, 0.2) is 57.5 Å². The van der Waals surface area contributed by atoms with Crippen LogP contribution in [0, 0.1) is 0 Å². The Morgan fingerprint density at radius 2 is 1.15 bits per heavy atom. The van der Waals surface area contributed by atoms with E-state index in [-0.39, 0.29) is 7.25 Å². The Morgan fingerprint density at radius 1 is 0.769 bits per heavy atom. The molecular formula is C20H19Br2Cl2SiZr. The number of benzene rings is 2. The molecule has 0 nitrogen and oxygen atoms in total. The van der Waals surface area contributed by atoms with Gasteiger partial charge in [-0.15, -0.1) is 0 Å². The second-order valence-corrected chi connectivity index (χ2v) is 51.9. The Morgan fingerprint density at radius 3 is 1.54 bits per heavy atom. The average Bonchev–Trinajstić information content (AvgIpc) is 3.10. The molecule has 2 aromatic carbocycles. The zero-order chi connectivity index (χ0) is 18.7. The normalized spacial score (nSPS) is 23.1. The van der Waals surface area contributed by atoms with E-state index < -0.39 is 21.5 Å². The van der Waals surface area contributed by atoms with Gasteiger partial charge in [0.25, 0.3) is 0 Å². The number of allylic oxidation sites excluding steroid dienone is 2. The molecule has 0 N–H and O–H groups in total. The Labute approximate surface area is 180 Å². The summed E-state index contributed by atoms with van der Waals surface area (Å²) in [4.78, 5) is 0. The van der Waals surface area contributed by atoms with Crippen LogP contribution in [0.5, 0.6) is 0 Å². The number of fused-ring (bicyclic) bond motifs is 2. The zero-order valence-corrected chi connectivity index (χ0v) is 22.8. The van der Waals surface area contributed by atoms with Gasteiger partial charge in [-0.05, 0) is 0 Å². The van der Waals surface area contributed by atoms with Crippen molar-refractivity contribution in [1.29, 1.82) is 0 Å². The third kappa shape index (κ3) is 2.74. The molecule has 135 valence electrons. The molecule has 2 aliphatic rings. The van der Waals surface area contributed by atoms with Gasteiger partial charge in [0, 0.05) is 0 Å². The molecule has 0 radical (unpaired) electrons. The topological polar surface area (TPSA) is 0 Å². The van der Waals surface area contributed by atoms with E-state index in [1.54, 1.807) is 0 Å². The maximum absolute atomic E-state index is 7.88. The van der Waals surface area contributed by atoms with Gasteiger partial charge in [-0.3, -0.25) is 0 Å². The predicted octanol–water partition coefficient (Wildman–Crippen LogP) is 7.95. The van der Waals surface area contributed by atoms with Crippen LogP contribution in [0.1, 0.15) is 29.5 Å². The molecule has 26 heavy (non-hydrogen) atoms. The number of hydrogen-bond acceptors (Lipinski definition) is 0. The van der Waals surface area contributed by atoms with E-state index in [4.69, 9.17) is 17.0 Å². The SMILES string of the molecule is C[SiH](C)[Zr]([Cl])([Cl])([CH]1C(Br)=Cc2ccccc21)[CH]1C(Br)=Cc2ccccc21. The Bertz CT molecular complexity index is 896. The van der Waals surface area contributed by atoms with Gasteiger partial charge in [0.2, 0.25) is 0 Å². The van der Waals surface area contributed by atoms with Gasteiger partial charge in [0.15, 0.2) is 0 Å². The minimum absolute atomic E-state index is 0.111. The van der Waals surface area contributed by atoms with Crippen LogP contribution in [0.3, 0.4) is 0 Å². The van der Waals surface area contributed by atoms with Crippen molar-refractivity contribution in [2.24, 2.45) is 0 Å². The van der Waals surface area contributed by atoms with Crippen molar-refractivity contribution < 1.29 is 15.6 Å². The van der Waals surface area contributed by atoms with Gasteiger partial charge in [0.1, 0.15) is 0 Å². The van der Waals surface area contributed by atoms with Crippen molar-refractivity contribution in [3.8, 4) is 0 Å². The van der Waals surface area contributed by atoms with E-state index in [9.17, 15) is 0 Å². The summed E-state index contributed by atoms with van der Waals surface area (Å²) < 4.78 is 2.53. The summed E-state index contributed by atoms with van der Waals surface area (Å²) in [6.07, 6.45) is 4.43. The second-order valence-electron chi connectivity index (χ2n) is 7.56. The molecule has 0 amide bonds. The summed E-state index contributed by atoms with van der Waals surface area (Å²) in [5, 5.41) is 0. The Kier molecular flexibility index (Phi) is 5.21. The monoisotopic (exact) mass is 605 g/mol. The molecule has 0 saturated heterocycles. The minimum atomic E-state index is -4.39. The molecule has 0 aromatic heterocycles. The third-order valence-electron chi connectivity index (χ3n) is 5.96. The first-order valence-electron chi connectivity index (χ1n) is 8.74. The fraction of sp³-hybridized carbons (Fsp3) is 0.200. The summed E-state index contributed by atoms with van der Waals surface area (Å²) in [7, 11) is 15.8. The quantitative estimate of drug-likeness (QED) is 0.310. The summed E-state index contributed by atoms with van der Waals surface area (Å²) in [5.41, 5.74) is 5.07. The summed E-state index contributed by atoms with van der Waals surface area (Å²) in [6, 6.07) is 17.1. The molecule has 0 bridgehead atoms. The van der Waals surface area contributed by atoms with E-state index in [1.807, 2.05) is 0 Å². The molecule has 2 aromatic rings. The van der Waals surface area contributed by atoms with E-state index in [2.05, 4.69) is 106 Å². The van der Waals surface area contributed by atoms with Crippen molar-refractivity contribution in [3.05, 3.63) is 79.7 Å². The predicted molar refractivity (Wildman–Crippen MR) is 123 cm³/mol. The molecule has 0 spiro atoms. The molecule has 0 aliphatic heterocycles. The first kappa shape index (κ1) is 19.9. The third-order valence-corrected chi connectivity index (χ3v) is 61.0. The second kappa shape index (κ2) is 6.82. The molecule has 0 saturated carbocycles. The van der Waals surface area contributed by atoms with Crippen LogP contribution in [0.25, 0.3) is 12.2 Å². The molecular weight excluding hydrogens is 590 g/mol. The fourth-order valence-electron chi connectivity index (χ4n) is 4.53. The Balaban J connectivity index is 1.99.